The second kappa shape index (κ2) is 6.46. The third kappa shape index (κ3) is 3.47. The Morgan fingerprint density at radius 3 is 2.94 bits per heavy atom. The first-order valence-electron chi connectivity index (χ1n) is 5.99. The van der Waals surface area contributed by atoms with E-state index >= 15 is 0 Å². The van der Waals surface area contributed by atoms with Crippen molar-refractivity contribution in [1.82, 2.24) is 0 Å². The van der Waals surface area contributed by atoms with Gasteiger partial charge in [-0.1, -0.05) is 25.8 Å². The fourth-order valence-corrected chi connectivity index (χ4v) is 2.07. The maximum Gasteiger partial charge on any atom is 0.306 e. The lowest BCUT2D eigenvalue weighted by Crippen LogP contribution is -2.10. The number of ether oxygens (including phenoxy) is 1. The molecule has 1 unspecified atom stereocenters. The molecule has 0 aromatic heterocycles. The van der Waals surface area contributed by atoms with E-state index in [1.165, 1.54) is 7.11 Å². The van der Waals surface area contributed by atoms with E-state index < -0.39 is 0 Å². The van der Waals surface area contributed by atoms with Crippen LogP contribution in [0.3, 0.4) is 0 Å². The van der Waals surface area contributed by atoms with E-state index in [0.717, 1.165) is 31.3 Å². The van der Waals surface area contributed by atoms with E-state index in [9.17, 15) is 9.59 Å². The van der Waals surface area contributed by atoms with Gasteiger partial charge in [-0.25, -0.2) is 0 Å². The molecule has 3 heteroatoms. The highest BCUT2D eigenvalue weighted by atomic mass is 16.5. The van der Waals surface area contributed by atoms with Crippen molar-refractivity contribution in [1.29, 1.82) is 0 Å². The van der Waals surface area contributed by atoms with Crippen molar-refractivity contribution in [2.45, 2.75) is 45.4 Å². The number of esters is 1. The SMILES string of the molecule is CCCCC=C1C(=O)CCC1CC(=O)OC. The van der Waals surface area contributed by atoms with Crippen LogP contribution in [0.5, 0.6) is 0 Å². The molecule has 0 aromatic rings. The number of unbranched alkanes of at least 4 members (excludes halogenated alkanes) is 2. The number of hydrogen-bond donors (Lipinski definition) is 0. The number of methoxy groups -OCH3 is 1. The molecule has 0 spiro atoms. The minimum Gasteiger partial charge on any atom is -0.469 e. The third-order valence-electron chi connectivity index (χ3n) is 3.04. The van der Waals surface area contributed by atoms with E-state index in [4.69, 9.17) is 0 Å². The van der Waals surface area contributed by atoms with Crippen molar-refractivity contribution < 1.29 is 14.3 Å². The second-order valence-electron chi connectivity index (χ2n) is 4.24. The van der Waals surface area contributed by atoms with Gasteiger partial charge in [0.2, 0.25) is 0 Å². The summed E-state index contributed by atoms with van der Waals surface area (Å²) in [4.78, 5) is 22.8. The average Bonchev–Trinajstić information content (AvgIpc) is 2.61. The monoisotopic (exact) mass is 224 g/mol. The lowest BCUT2D eigenvalue weighted by atomic mass is 9.97. The smallest absolute Gasteiger partial charge is 0.306 e. The van der Waals surface area contributed by atoms with Crippen LogP contribution in [0, 0.1) is 5.92 Å². The topological polar surface area (TPSA) is 43.4 Å². The van der Waals surface area contributed by atoms with Crippen LogP contribution < -0.4 is 0 Å². The first-order chi connectivity index (χ1) is 7.69. The number of carbonyl (C=O) groups is 2. The molecule has 1 saturated carbocycles. The van der Waals surface area contributed by atoms with Crippen molar-refractivity contribution in [2.24, 2.45) is 5.92 Å². The van der Waals surface area contributed by atoms with Gasteiger partial charge in [0, 0.05) is 6.42 Å². The molecule has 3 nitrogen and oxygen atoms in total. The Balaban J connectivity index is 2.58. The summed E-state index contributed by atoms with van der Waals surface area (Å²) < 4.78 is 4.64. The van der Waals surface area contributed by atoms with E-state index in [1.807, 2.05) is 6.08 Å². The van der Waals surface area contributed by atoms with Crippen LogP contribution in [-0.2, 0) is 14.3 Å². The Morgan fingerprint density at radius 2 is 2.31 bits per heavy atom. The standard InChI is InChI=1S/C13H20O3/c1-3-4-5-6-11-10(7-8-12(11)14)9-13(15)16-2/h6,10H,3-5,7-9H2,1-2H3. The second-order valence-corrected chi connectivity index (χ2v) is 4.24. The van der Waals surface area contributed by atoms with E-state index in [-0.39, 0.29) is 17.7 Å². The van der Waals surface area contributed by atoms with Gasteiger partial charge < -0.3 is 4.74 Å². The van der Waals surface area contributed by atoms with Crippen molar-refractivity contribution in [2.75, 3.05) is 7.11 Å². The summed E-state index contributed by atoms with van der Waals surface area (Å²) >= 11 is 0. The number of rotatable bonds is 5. The molecule has 1 fully saturated rings. The Hall–Kier alpha value is -1.12. The molecule has 1 atom stereocenters. The molecule has 1 aliphatic rings. The van der Waals surface area contributed by atoms with Crippen molar-refractivity contribution in [3.05, 3.63) is 11.6 Å². The maximum atomic E-state index is 11.6. The third-order valence-corrected chi connectivity index (χ3v) is 3.04. The number of carbonyl (C=O) groups excluding carboxylic acids is 2. The largest absolute Gasteiger partial charge is 0.469 e. The van der Waals surface area contributed by atoms with Gasteiger partial charge >= 0.3 is 5.97 Å². The Kier molecular flexibility index (Phi) is 5.23. The summed E-state index contributed by atoms with van der Waals surface area (Å²) in [6.07, 6.45) is 6.91. The minimum absolute atomic E-state index is 0.0943. The zero-order chi connectivity index (χ0) is 12.0. The fourth-order valence-electron chi connectivity index (χ4n) is 2.07. The Bertz CT molecular complexity index is 292. The van der Waals surface area contributed by atoms with Crippen LogP contribution in [0.2, 0.25) is 0 Å². The molecule has 0 aromatic carbocycles. The van der Waals surface area contributed by atoms with Gasteiger partial charge in [0.1, 0.15) is 0 Å². The van der Waals surface area contributed by atoms with Gasteiger partial charge in [-0.3, -0.25) is 9.59 Å². The quantitative estimate of drug-likeness (QED) is 0.409. The lowest BCUT2D eigenvalue weighted by Gasteiger charge is -2.09. The molecule has 0 amide bonds. The number of ketones is 1. The molecule has 0 heterocycles. The van der Waals surface area contributed by atoms with Gasteiger partial charge in [0.05, 0.1) is 13.5 Å². The zero-order valence-electron chi connectivity index (χ0n) is 10.1. The highest BCUT2D eigenvalue weighted by molar-refractivity contribution is 5.98. The molecule has 0 bridgehead atoms. The summed E-state index contributed by atoms with van der Waals surface area (Å²) in [5, 5.41) is 0. The van der Waals surface area contributed by atoms with E-state index in [1.54, 1.807) is 0 Å². The number of hydrogen-bond acceptors (Lipinski definition) is 3. The Labute approximate surface area is 96.9 Å². The average molecular weight is 224 g/mol. The molecule has 1 rings (SSSR count). The van der Waals surface area contributed by atoms with Crippen molar-refractivity contribution in [3.63, 3.8) is 0 Å². The number of Topliss-reactive ketones (excluding diaryl/α,β-unsaturated/α-hetero) is 1. The fraction of sp³-hybridized carbons (Fsp3) is 0.692. The normalized spacial score (nSPS) is 22.8. The molecule has 90 valence electrons. The predicted molar refractivity (Wildman–Crippen MR) is 62.0 cm³/mol. The number of allylic oxidation sites excluding steroid dienone is 2. The summed E-state index contributed by atoms with van der Waals surface area (Å²) in [7, 11) is 1.39. The highest BCUT2D eigenvalue weighted by Gasteiger charge is 2.29. The first kappa shape index (κ1) is 12.9. The molecule has 0 saturated heterocycles. The highest BCUT2D eigenvalue weighted by Crippen LogP contribution is 2.31. The Morgan fingerprint density at radius 1 is 1.56 bits per heavy atom. The summed E-state index contributed by atoms with van der Waals surface area (Å²) in [5.74, 6) is 0.0860. The van der Waals surface area contributed by atoms with Crippen LogP contribution in [0.15, 0.2) is 11.6 Å². The van der Waals surface area contributed by atoms with Crippen LogP contribution in [0.1, 0.15) is 45.4 Å². The first-order valence-corrected chi connectivity index (χ1v) is 5.99. The predicted octanol–water partition coefficient (Wildman–Crippen LogP) is 2.65. The van der Waals surface area contributed by atoms with Crippen LogP contribution in [-0.4, -0.2) is 18.9 Å². The van der Waals surface area contributed by atoms with Crippen LogP contribution in [0.25, 0.3) is 0 Å². The summed E-state index contributed by atoms with van der Waals surface area (Å²) in [6.45, 7) is 2.13. The summed E-state index contributed by atoms with van der Waals surface area (Å²) in [5.41, 5.74) is 0.860. The molecule has 1 aliphatic carbocycles. The van der Waals surface area contributed by atoms with Crippen LogP contribution >= 0.6 is 0 Å². The van der Waals surface area contributed by atoms with Crippen molar-refractivity contribution in [3.8, 4) is 0 Å². The lowest BCUT2D eigenvalue weighted by molar-refractivity contribution is -0.141. The van der Waals surface area contributed by atoms with E-state index in [2.05, 4.69) is 11.7 Å². The van der Waals surface area contributed by atoms with Gasteiger partial charge in [-0.05, 0) is 24.3 Å². The molecule has 16 heavy (non-hydrogen) atoms. The van der Waals surface area contributed by atoms with Gasteiger partial charge in [-0.2, -0.15) is 0 Å². The van der Waals surface area contributed by atoms with Crippen LogP contribution in [0.4, 0.5) is 0 Å². The zero-order valence-corrected chi connectivity index (χ0v) is 10.1. The minimum atomic E-state index is -0.221. The van der Waals surface area contributed by atoms with Gasteiger partial charge in [0.15, 0.2) is 5.78 Å². The maximum absolute atomic E-state index is 11.6. The van der Waals surface area contributed by atoms with E-state index in [0.29, 0.717) is 12.8 Å². The van der Waals surface area contributed by atoms with Crippen molar-refractivity contribution >= 4 is 11.8 Å². The van der Waals surface area contributed by atoms with Gasteiger partial charge in [-0.15, -0.1) is 0 Å². The molecule has 0 radical (unpaired) electrons. The molecular formula is C13H20O3. The molecular weight excluding hydrogens is 204 g/mol. The molecule has 0 N–H and O–H groups in total. The van der Waals surface area contributed by atoms with Gasteiger partial charge in [0.25, 0.3) is 0 Å². The molecule has 0 aliphatic heterocycles. The summed E-state index contributed by atoms with van der Waals surface area (Å²) in [6, 6.07) is 0.